The Morgan fingerprint density at radius 3 is 2.74 bits per heavy atom. The highest BCUT2D eigenvalue weighted by atomic mass is 32.2. The summed E-state index contributed by atoms with van der Waals surface area (Å²) in [6.45, 7) is 4.09. The maximum Gasteiger partial charge on any atom is 0.272 e. The normalized spacial score (nSPS) is 10.3. The van der Waals surface area contributed by atoms with Crippen LogP contribution < -0.4 is 15.6 Å². The van der Waals surface area contributed by atoms with Gasteiger partial charge in [0.25, 0.3) is 5.91 Å². The number of amides is 1. The van der Waals surface area contributed by atoms with Crippen LogP contribution in [0, 0.1) is 13.8 Å². The Morgan fingerprint density at radius 1 is 1.11 bits per heavy atom. The highest BCUT2D eigenvalue weighted by Crippen LogP contribution is 2.31. The van der Waals surface area contributed by atoms with Crippen LogP contribution in [0.15, 0.2) is 58.7 Å². The summed E-state index contributed by atoms with van der Waals surface area (Å²) in [6.07, 6.45) is 3.20. The van der Waals surface area contributed by atoms with Crippen molar-refractivity contribution in [1.82, 2.24) is 20.4 Å². The first kappa shape index (κ1) is 18.7. The summed E-state index contributed by atoms with van der Waals surface area (Å²) in [5, 5.41) is 0.621. The maximum atomic E-state index is 12.6. The molecule has 0 aliphatic carbocycles. The van der Waals surface area contributed by atoms with Crippen molar-refractivity contribution in [3.05, 3.63) is 65.5 Å². The molecule has 0 unspecified atom stereocenters. The smallest absolute Gasteiger partial charge is 0.272 e. The minimum absolute atomic E-state index is 0.232. The van der Waals surface area contributed by atoms with Gasteiger partial charge < -0.3 is 4.74 Å². The number of aromatic nitrogens is 3. The van der Waals surface area contributed by atoms with Crippen molar-refractivity contribution in [1.29, 1.82) is 0 Å². The van der Waals surface area contributed by atoms with E-state index in [4.69, 9.17) is 4.74 Å². The summed E-state index contributed by atoms with van der Waals surface area (Å²) in [5.74, 6) is 0.297. The molecule has 0 aliphatic heterocycles. The lowest BCUT2D eigenvalue weighted by atomic mass is 10.2. The van der Waals surface area contributed by atoms with E-state index in [1.165, 1.54) is 30.6 Å². The van der Waals surface area contributed by atoms with Gasteiger partial charge in [-0.1, -0.05) is 29.5 Å². The second-order valence-electron chi connectivity index (χ2n) is 5.73. The third-order valence-electron chi connectivity index (χ3n) is 3.68. The number of hydrazine groups is 1. The third-order valence-corrected chi connectivity index (χ3v) is 4.88. The van der Waals surface area contributed by atoms with Gasteiger partial charge in [0.2, 0.25) is 11.8 Å². The van der Waals surface area contributed by atoms with Crippen LogP contribution in [0.4, 0.5) is 5.95 Å². The van der Waals surface area contributed by atoms with E-state index in [9.17, 15) is 4.79 Å². The molecule has 0 aliphatic rings. The Morgan fingerprint density at radius 2 is 1.96 bits per heavy atom. The molecule has 7 nitrogen and oxygen atoms in total. The fourth-order valence-corrected chi connectivity index (χ4v) is 3.31. The van der Waals surface area contributed by atoms with Crippen molar-refractivity contribution in [2.75, 3.05) is 12.5 Å². The molecule has 2 heterocycles. The number of rotatable bonds is 6. The second kappa shape index (κ2) is 8.50. The zero-order valence-corrected chi connectivity index (χ0v) is 16.0. The van der Waals surface area contributed by atoms with Crippen LogP contribution in [0.25, 0.3) is 0 Å². The molecule has 3 rings (SSSR count). The largest absolute Gasteiger partial charge is 0.481 e. The number of ether oxygens (including phenoxy) is 1. The molecule has 1 amide bonds. The molecule has 0 saturated carbocycles. The number of methoxy groups -OCH3 is 1. The summed E-state index contributed by atoms with van der Waals surface area (Å²) in [5.41, 5.74) is 8.07. The molecule has 138 valence electrons. The van der Waals surface area contributed by atoms with Crippen molar-refractivity contribution < 1.29 is 9.53 Å². The van der Waals surface area contributed by atoms with Crippen LogP contribution in [0.3, 0.4) is 0 Å². The van der Waals surface area contributed by atoms with Gasteiger partial charge in [0.1, 0.15) is 5.03 Å². The summed E-state index contributed by atoms with van der Waals surface area (Å²) in [6, 6.07) is 11.2. The van der Waals surface area contributed by atoms with E-state index in [0.29, 0.717) is 16.5 Å². The molecule has 1 aromatic carbocycles. The number of nitrogens with one attached hydrogen (secondary N) is 2. The summed E-state index contributed by atoms with van der Waals surface area (Å²) in [7, 11) is 1.51. The van der Waals surface area contributed by atoms with Gasteiger partial charge >= 0.3 is 0 Å². The number of nitrogens with zero attached hydrogens (tertiary/aromatic N) is 3. The fourth-order valence-electron chi connectivity index (χ4n) is 2.36. The molecule has 2 N–H and O–H groups in total. The molecule has 3 aromatic rings. The highest BCUT2D eigenvalue weighted by molar-refractivity contribution is 7.99. The molecule has 2 aromatic heterocycles. The number of carbonyl (C=O) groups is 1. The van der Waals surface area contributed by atoms with Crippen LogP contribution in [0.1, 0.15) is 21.5 Å². The number of anilines is 1. The predicted octanol–water partition coefficient (Wildman–Crippen LogP) is 3.41. The molecular formula is C19H19N5O2S. The lowest BCUT2D eigenvalue weighted by Gasteiger charge is -2.11. The van der Waals surface area contributed by atoms with Gasteiger partial charge in [-0.3, -0.25) is 15.6 Å². The van der Waals surface area contributed by atoms with Crippen molar-refractivity contribution in [2.24, 2.45) is 0 Å². The molecule has 0 fully saturated rings. The third kappa shape index (κ3) is 4.73. The van der Waals surface area contributed by atoms with Gasteiger partial charge in [0.05, 0.1) is 12.7 Å². The Hall–Kier alpha value is -3.13. The Balaban J connectivity index is 1.75. The van der Waals surface area contributed by atoms with E-state index in [1.54, 1.807) is 24.4 Å². The minimum Gasteiger partial charge on any atom is -0.481 e. The number of benzene rings is 1. The first-order valence-corrected chi connectivity index (χ1v) is 9.02. The zero-order valence-electron chi connectivity index (χ0n) is 15.2. The highest BCUT2D eigenvalue weighted by Gasteiger charge is 2.14. The molecule has 0 bridgehead atoms. The van der Waals surface area contributed by atoms with Crippen molar-refractivity contribution in [3.63, 3.8) is 0 Å². The van der Waals surface area contributed by atoms with E-state index in [0.717, 1.165) is 10.5 Å². The maximum absolute atomic E-state index is 12.6. The van der Waals surface area contributed by atoms with Gasteiger partial charge in [0, 0.05) is 23.4 Å². The second-order valence-corrected chi connectivity index (χ2v) is 6.76. The number of hydrogen-bond acceptors (Lipinski definition) is 7. The molecule has 0 spiro atoms. The van der Waals surface area contributed by atoms with E-state index in [-0.39, 0.29) is 11.9 Å². The van der Waals surface area contributed by atoms with Crippen LogP contribution in [0.2, 0.25) is 0 Å². The first-order chi connectivity index (χ1) is 13.1. The van der Waals surface area contributed by atoms with E-state index in [2.05, 4.69) is 31.9 Å². The minimum atomic E-state index is -0.332. The molecule has 0 radical (unpaired) electrons. The number of pyridine rings is 1. The standard InChI is InChI=1S/C19H19N5O2S/c1-12-6-7-15(13(2)11-12)27-18-14(5-4-9-20-18)17(25)23-24-19-21-10-8-16(22-19)26-3/h4-11H,1-3H3,(H,23,25)(H,21,22,24). The lowest BCUT2D eigenvalue weighted by Crippen LogP contribution is -2.30. The summed E-state index contributed by atoms with van der Waals surface area (Å²) >= 11 is 1.45. The van der Waals surface area contributed by atoms with Crippen LogP contribution >= 0.6 is 11.8 Å². The van der Waals surface area contributed by atoms with Crippen molar-refractivity contribution in [2.45, 2.75) is 23.8 Å². The number of carbonyl (C=O) groups excluding carboxylic acids is 1. The zero-order chi connectivity index (χ0) is 19.2. The van der Waals surface area contributed by atoms with E-state index >= 15 is 0 Å². The average molecular weight is 381 g/mol. The Kier molecular flexibility index (Phi) is 5.87. The first-order valence-electron chi connectivity index (χ1n) is 8.20. The number of aryl methyl sites for hydroxylation is 2. The molecule has 0 atom stereocenters. The quantitative estimate of drug-likeness (QED) is 0.633. The van der Waals surface area contributed by atoms with E-state index in [1.807, 2.05) is 26.0 Å². The van der Waals surface area contributed by atoms with E-state index < -0.39 is 0 Å². The number of hydrogen-bond donors (Lipinski definition) is 2. The van der Waals surface area contributed by atoms with Gasteiger partial charge in [0.15, 0.2) is 0 Å². The topological polar surface area (TPSA) is 89.0 Å². The molecular weight excluding hydrogens is 362 g/mol. The lowest BCUT2D eigenvalue weighted by molar-refractivity contribution is 0.0958. The van der Waals surface area contributed by atoms with Gasteiger partial charge in [-0.15, -0.1) is 0 Å². The Bertz CT molecular complexity index is 964. The molecule has 0 saturated heterocycles. The Labute approximate surface area is 161 Å². The fraction of sp³-hybridized carbons (Fsp3) is 0.158. The monoisotopic (exact) mass is 381 g/mol. The van der Waals surface area contributed by atoms with Gasteiger partial charge in [-0.05, 0) is 37.6 Å². The van der Waals surface area contributed by atoms with Crippen molar-refractivity contribution >= 4 is 23.6 Å². The summed E-state index contributed by atoms with van der Waals surface area (Å²) in [4.78, 5) is 26.1. The van der Waals surface area contributed by atoms with Crippen molar-refractivity contribution in [3.8, 4) is 5.88 Å². The van der Waals surface area contributed by atoms with Crippen LogP contribution in [-0.4, -0.2) is 28.0 Å². The van der Waals surface area contributed by atoms with Crippen LogP contribution in [-0.2, 0) is 0 Å². The van der Waals surface area contributed by atoms with Gasteiger partial charge in [-0.2, -0.15) is 4.98 Å². The summed E-state index contributed by atoms with van der Waals surface area (Å²) < 4.78 is 5.03. The predicted molar refractivity (Wildman–Crippen MR) is 104 cm³/mol. The van der Waals surface area contributed by atoms with Crippen LogP contribution in [0.5, 0.6) is 5.88 Å². The average Bonchev–Trinajstić information content (AvgIpc) is 2.69. The molecule has 27 heavy (non-hydrogen) atoms. The SMILES string of the molecule is COc1ccnc(NNC(=O)c2cccnc2Sc2ccc(C)cc2C)n1. The van der Waals surface area contributed by atoms with Gasteiger partial charge in [-0.25, -0.2) is 9.97 Å². The molecule has 8 heteroatoms.